The zero-order valence-electron chi connectivity index (χ0n) is 9.45. The van der Waals surface area contributed by atoms with Crippen molar-refractivity contribution >= 4 is 17.3 Å². The lowest BCUT2D eigenvalue weighted by Gasteiger charge is -2.28. The predicted octanol–water partition coefficient (Wildman–Crippen LogP) is 3.47. The van der Waals surface area contributed by atoms with E-state index in [0.29, 0.717) is 0 Å². The summed E-state index contributed by atoms with van der Waals surface area (Å²) < 4.78 is 5.50. The van der Waals surface area contributed by atoms with Crippen LogP contribution in [-0.2, 0) is 4.74 Å². The van der Waals surface area contributed by atoms with Crippen molar-refractivity contribution in [2.24, 2.45) is 0 Å². The highest BCUT2D eigenvalue weighted by atomic mass is 35.5. The summed E-state index contributed by atoms with van der Waals surface area (Å²) >= 11 is 5.86. The average Bonchev–Trinajstić information content (AvgIpc) is 2.32. The van der Waals surface area contributed by atoms with Crippen molar-refractivity contribution in [3.8, 4) is 0 Å². The molecule has 0 amide bonds. The van der Waals surface area contributed by atoms with Gasteiger partial charge in [-0.25, -0.2) is 0 Å². The Kier molecular flexibility index (Phi) is 3.73. The van der Waals surface area contributed by atoms with E-state index in [1.807, 2.05) is 19.1 Å². The number of halogens is 1. The van der Waals surface area contributed by atoms with Gasteiger partial charge < -0.3 is 9.64 Å². The summed E-state index contributed by atoms with van der Waals surface area (Å²) in [4.78, 5) is 2.32. The summed E-state index contributed by atoms with van der Waals surface area (Å²) in [5.41, 5.74) is 1.22. The van der Waals surface area contributed by atoms with Gasteiger partial charge in [-0.1, -0.05) is 11.6 Å². The summed E-state index contributed by atoms with van der Waals surface area (Å²) in [6.07, 6.45) is 3.14. The molecule has 2 nitrogen and oxygen atoms in total. The molecule has 0 aliphatic carbocycles. The molecule has 0 aromatic heterocycles. The summed E-state index contributed by atoms with van der Waals surface area (Å²) in [6.45, 7) is 4.70. The molecule has 0 N–H and O–H groups in total. The second kappa shape index (κ2) is 5.26. The quantitative estimate of drug-likeness (QED) is 0.798. The van der Waals surface area contributed by atoms with E-state index in [4.69, 9.17) is 16.3 Å². The van der Waals surface area contributed by atoms with E-state index < -0.39 is 0 Å². The molecular weight excluding hydrogens is 222 g/mol. The molecule has 0 fully saturated rings. The number of nitrogens with zero attached hydrogens (tertiary/aromatic N) is 1. The number of ether oxygens (including phenoxy) is 1. The fourth-order valence-electron chi connectivity index (χ4n) is 1.85. The van der Waals surface area contributed by atoms with Crippen LogP contribution in [0.4, 0.5) is 5.69 Å². The van der Waals surface area contributed by atoms with E-state index in [1.165, 1.54) is 5.69 Å². The fourth-order valence-corrected chi connectivity index (χ4v) is 1.98. The molecule has 0 saturated heterocycles. The second-order valence-corrected chi connectivity index (χ2v) is 4.21. The van der Waals surface area contributed by atoms with Crippen LogP contribution in [-0.4, -0.2) is 19.7 Å². The lowest BCUT2D eigenvalue weighted by atomic mass is 10.2. The van der Waals surface area contributed by atoms with Crippen molar-refractivity contribution in [3.63, 3.8) is 0 Å². The Labute approximate surface area is 101 Å². The molecule has 1 aliphatic rings. The first-order chi connectivity index (χ1) is 7.79. The maximum absolute atomic E-state index is 5.86. The van der Waals surface area contributed by atoms with Crippen LogP contribution < -0.4 is 4.90 Å². The Hall–Kier alpha value is -1.15. The lowest BCUT2D eigenvalue weighted by molar-refractivity contribution is 0.215. The van der Waals surface area contributed by atoms with Gasteiger partial charge in [0.05, 0.1) is 12.4 Å². The minimum Gasteiger partial charge on any atom is -0.498 e. The molecule has 1 aliphatic heterocycles. The minimum absolute atomic E-state index is 0.757. The van der Waals surface area contributed by atoms with Gasteiger partial charge in [0.1, 0.15) is 0 Å². The standard InChI is InChI=1S/C13H16ClNO/c1-2-16-13-7-9-15(10-8-13)12-5-3-11(14)4-6-12/h3-7H,2,8-10H2,1H3. The van der Waals surface area contributed by atoms with Gasteiger partial charge in [0.25, 0.3) is 0 Å². The topological polar surface area (TPSA) is 12.5 Å². The highest BCUT2D eigenvalue weighted by molar-refractivity contribution is 6.30. The molecule has 0 bridgehead atoms. The highest BCUT2D eigenvalue weighted by Gasteiger charge is 2.12. The lowest BCUT2D eigenvalue weighted by Crippen LogP contribution is -2.28. The van der Waals surface area contributed by atoms with E-state index in [0.717, 1.165) is 36.9 Å². The first-order valence-electron chi connectivity index (χ1n) is 5.62. The molecule has 0 spiro atoms. The summed E-state index contributed by atoms with van der Waals surface area (Å²) in [7, 11) is 0. The van der Waals surface area contributed by atoms with E-state index in [2.05, 4.69) is 23.1 Å². The van der Waals surface area contributed by atoms with Crippen molar-refractivity contribution in [1.29, 1.82) is 0 Å². The van der Waals surface area contributed by atoms with Crippen molar-refractivity contribution < 1.29 is 4.74 Å². The van der Waals surface area contributed by atoms with E-state index in [9.17, 15) is 0 Å². The third-order valence-electron chi connectivity index (χ3n) is 2.69. The molecule has 16 heavy (non-hydrogen) atoms. The Morgan fingerprint density at radius 2 is 2.06 bits per heavy atom. The zero-order valence-corrected chi connectivity index (χ0v) is 10.2. The van der Waals surface area contributed by atoms with Crippen molar-refractivity contribution in [2.75, 3.05) is 24.6 Å². The van der Waals surface area contributed by atoms with Gasteiger partial charge >= 0.3 is 0 Å². The first-order valence-corrected chi connectivity index (χ1v) is 5.99. The molecule has 0 saturated carbocycles. The molecule has 86 valence electrons. The number of hydrogen-bond donors (Lipinski definition) is 0. The van der Waals surface area contributed by atoms with Gasteiger partial charge in [-0.2, -0.15) is 0 Å². The van der Waals surface area contributed by atoms with E-state index in [1.54, 1.807) is 0 Å². The van der Waals surface area contributed by atoms with Gasteiger partial charge in [0.15, 0.2) is 0 Å². The zero-order chi connectivity index (χ0) is 11.4. The first kappa shape index (κ1) is 11.3. The van der Waals surface area contributed by atoms with Crippen molar-refractivity contribution in [3.05, 3.63) is 41.1 Å². The molecular formula is C13H16ClNO. The Morgan fingerprint density at radius 1 is 1.31 bits per heavy atom. The van der Waals surface area contributed by atoms with Gasteiger partial charge in [0, 0.05) is 30.2 Å². The molecule has 0 radical (unpaired) electrons. The van der Waals surface area contributed by atoms with Gasteiger partial charge in [-0.3, -0.25) is 0 Å². The summed E-state index contributed by atoms with van der Waals surface area (Å²) in [5.74, 6) is 1.12. The average molecular weight is 238 g/mol. The molecule has 0 unspecified atom stereocenters. The SMILES string of the molecule is CCOC1=CCN(c2ccc(Cl)cc2)CC1. The van der Waals surface area contributed by atoms with Crippen LogP contribution in [0.25, 0.3) is 0 Å². The monoisotopic (exact) mass is 237 g/mol. The Morgan fingerprint density at radius 3 is 2.62 bits per heavy atom. The van der Waals surface area contributed by atoms with Crippen LogP contribution in [0.5, 0.6) is 0 Å². The van der Waals surface area contributed by atoms with Crippen LogP contribution in [0.3, 0.4) is 0 Å². The number of benzene rings is 1. The number of hydrogen-bond acceptors (Lipinski definition) is 2. The maximum atomic E-state index is 5.86. The summed E-state index contributed by atoms with van der Waals surface area (Å²) in [6, 6.07) is 7.97. The molecule has 1 aromatic rings. The van der Waals surface area contributed by atoms with Crippen LogP contribution in [0, 0.1) is 0 Å². The van der Waals surface area contributed by atoms with Crippen molar-refractivity contribution in [2.45, 2.75) is 13.3 Å². The second-order valence-electron chi connectivity index (χ2n) is 3.78. The Balaban J connectivity index is 2.01. The smallest absolute Gasteiger partial charge is 0.0955 e. The van der Waals surface area contributed by atoms with E-state index in [-0.39, 0.29) is 0 Å². The van der Waals surface area contributed by atoms with Gasteiger partial charge in [-0.15, -0.1) is 0 Å². The minimum atomic E-state index is 0.757. The third-order valence-corrected chi connectivity index (χ3v) is 2.94. The van der Waals surface area contributed by atoms with Crippen LogP contribution in [0.15, 0.2) is 36.1 Å². The molecule has 1 aromatic carbocycles. The number of rotatable bonds is 3. The van der Waals surface area contributed by atoms with Crippen molar-refractivity contribution in [1.82, 2.24) is 0 Å². The Bertz CT molecular complexity index is 372. The molecule has 2 rings (SSSR count). The molecule has 1 heterocycles. The fraction of sp³-hybridized carbons (Fsp3) is 0.385. The van der Waals surface area contributed by atoms with Gasteiger partial charge in [-0.05, 0) is 37.3 Å². The molecule has 3 heteroatoms. The largest absolute Gasteiger partial charge is 0.498 e. The van der Waals surface area contributed by atoms with Gasteiger partial charge in [0.2, 0.25) is 0 Å². The van der Waals surface area contributed by atoms with Crippen LogP contribution in [0.1, 0.15) is 13.3 Å². The highest BCUT2D eigenvalue weighted by Crippen LogP contribution is 2.21. The van der Waals surface area contributed by atoms with Crippen LogP contribution >= 0.6 is 11.6 Å². The normalized spacial score (nSPS) is 15.9. The number of anilines is 1. The van der Waals surface area contributed by atoms with E-state index >= 15 is 0 Å². The molecule has 0 atom stereocenters. The third kappa shape index (κ3) is 2.70. The predicted molar refractivity (Wildman–Crippen MR) is 68.0 cm³/mol. The maximum Gasteiger partial charge on any atom is 0.0955 e. The van der Waals surface area contributed by atoms with Crippen LogP contribution in [0.2, 0.25) is 5.02 Å². The summed E-state index contributed by atoms with van der Waals surface area (Å²) in [5, 5.41) is 0.784.